The summed E-state index contributed by atoms with van der Waals surface area (Å²) in [5, 5.41) is 4.46. The Morgan fingerprint density at radius 3 is 2.66 bits per heavy atom. The third-order valence-electron chi connectivity index (χ3n) is 5.61. The fourth-order valence-corrected chi connectivity index (χ4v) is 4.82. The molecule has 168 valence electrons. The minimum absolute atomic E-state index is 0.0966. The minimum atomic E-state index is -0.497. The van der Waals surface area contributed by atoms with Gasteiger partial charge in [0, 0.05) is 50.3 Å². The molecule has 1 aliphatic heterocycles. The number of ether oxygens (including phenoxy) is 2. The van der Waals surface area contributed by atoms with E-state index in [-0.39, 0.29) is 18.1 Å². The number of likely N-dealkylation sites (tertiary alicyclic amines) is 1. The van der Waals surface area contributed by atoms with Crippen LogP contribution in [0.3, 0.4) is 0 Å². The van der Waals surface area contributed by atoms with Crippen LogP contribution in [-0.2, 0) is 4.74 Å². The average Bonchev–Trinajstić information content (AvgIpc) is 3.07. The first-order chi connectivity index (χ1) is 15.3. The third kappa shape index (κ3) is 4.48. The maximum atomic E-state index is 12.2. The van der Waals surface area contributed by atoms with Crippen LogP contribution >= 0.6 is 11.3 Å². The van der Waals surface area contributed by atoms with Gasteiger partial charge in [-0.2, -0.15) is 0 Å². The summed E-state index contributed by atoms with van der Waals surface area (Å²) < 4.78 is 12.8. The van der Waals surface area contributed by atoms with Crippen molar-refractivity contribution in [2.75, 3.05) is 18.4 Å². The molecule has 0 spiro atoms. The molecule has 32 heavy (non-hydrogen) atoms. The minimum Gasteiger partial charge on any atom is -0.473 e. The molecule has 1 aromatic carbocycles. The summed E-state index contributed by atoms with van der Waals surface area (Å²) in [6, 6.07) is 8.50. The Morgan fingerprint density at radius 1 is 1.16 bits per heavy atom. The summed E-state index contributed by atoms with van der Waals surface area (Å²) in [5.41, 5.74) is 1.34. The second-order valence-corrected chi connectivity index (χ2v) is 10.4. The van der Waals surface area contributed by atoms with Crippen molar-refractivity contribution in [2.24, 2.45) is 0 Å². The SMILES string of the molecule is CC(C)(C)OC(=O)N1CC(c2nccnc2OC2CC(Nc3nc4ccccc4s3)C2)C1. The van der Waals surface area contributed by atoms with E-state index in [4.69, 9.17) is 9.47 Å². The van der Waals surface area contributed by atoms with E-state index in [1.807, 2.05) is 39.0 Å². The van der Waals surface area contributed by atoms with Crippen molar-refractivity contribution in [3.8, 4) is 5.88 Å². The summed E-state index contributed by atoms with van der Waals surface area (Å²) >= 11 is 1.67. The quantitative estimate of drug-likeness (QED) is 0.611. The Balaban J connectivity index is 1.14. The van der Waals surface area contributed by atoms with Gasteiger partial charge in [0.05, 0.1) is 10.2 Å². The fourth-order valence-electron chi connectivity index (χ4n) is 3.88. The van der Waals surface area contributed by atoms with Crippen LogP contribution in [0.5, 0.6) is 5.88 Å². The highest BCUT2D eigenvalue weighted by atomic mass is 32.1. The van der Waals surface area contributed by atoms with Crippen molar-refractivity contribution in [3.05, 3.63) is 42.4 Å². The highest BCUT2D eigenvalue weighted by Gasteiger charge is 2.38. The van der Waals surface area contributed by atoms with E-state index in [9.17, 15) is 4.79 Å². The first-order valence-corrected chi connectivity index (χ1v) is 11.7. The van der Waals surface area contributed by atoms with Gasteiger partial charge >= 0.3 is 6.09 Å². The lowest BCUT2D eigenvalue weighted by Crippen LogP contribution is -2.50. The molecule has 0 atom stereocenters. The van der Waals surface area contributed by atoms with Crippen LogP contribution in [0.2, 0.25) is 0 Å². The van der Waals surface area contributed by atoms with E-state index >= 15 is 0 Å². The van der Waals surface area contributed by atoms with Crippen LogP contribution in [0, 0.1) is 0 Å². The standard InChI is InChI=1S/C23H27N5O3S/c1-23(2,3)31-22(29)28-12-14(13-28)19-20(25-9-8-24-19)30-16-10-15(11-16)26-21-27-17-6-4-5-7-18(17)32-21/h4-9,14-16H,10-13H2,1-3H3,(H,26,27). The highest BCUT2D eigenvalue weighted by molar-refractivity contribution is 7.22. The number of hydrogen-bond acceptors (Lipinski definition) is 8. The number of benzene rings is 1. The van der Waals surface area contributed by atoms with Crippen molar-refractivity contribution < 1.29 is 14.3 Å². The van der Waals surface area contributed by atoms with Crippen LogP contribution in [0.15, 0.2) is 36.7 Å². The largest absolute Gasteiger partial charge is 0.473 e. The van der Waals surface area contributed by atoms with E-state index in [0.717, 1.165) is 29.2 Å². The summed E-state index contributed by atoms with van der Waals surface area (Å²) in [4.78, 5) is 27.5. The van der Waals surface area contributed by atoms with Gasteiger partial charge in [-0.25, -0.2) is 14.8 Å². The molecular weight excluding hydrogens is 426 g/mol. The maximum Gasteiger partial charge on any atom is 0.410 e. The number of thiazole rings is 1. The van der Waals surface area contributed by atoms with Crippen LogP contribution in [0.4, 0.5) is 9.93 Å². The molecule has 9 heteroatoms. The molecule has 0 unspecified atom stereocenters. The zero-order chi connectivity index (χ0) is 22.3. The Labute approximate surface area is 191 Å². The second kappa shape index (κ2) is 8.20. The van der Waals surface area contributed by atoms with Gasteiger partial charge in [-0.1, -0.05) is 23.5 Å². The molecule has 2 aromatic heterocycles. The topological polar surface area (TPSA) is 89.5 Å². The van der Waals surface area contributed by atoms with Gasteiger partial charge in [0.1, 0.15) is 17.4 Å². The van der Waals surface area contributed by atoms with Crippen LogP contribution in [-0.4, -0.2) is 56.8 Å². The lowest BCUT2D eigenvalue weighted by Gasteiger charge is -2.40. The van der Waals surface area contributed by atoms with Gasteiger partial charge < -0.3 is 19.7 Å². The van der Waals surface area contributed by atoms with Crippen LogP contribution in [0.25, 0.3) is 10.2 Å². The predicted octanol–water partition coefficient (Wildman–Crippen LogP) is 4.44. The molecule has 1 amide bonds. The Hall–Kier alpha value is -2.94. The summed E-state index contributed by atoms with van der Waals surface area (Å²) in [6.07, 6.45) is 4.92. The van der Waals surface area contributed by atoms with Gasteiger partial charge in [0.15, 0.2) is 5.13 Å². The van der Waals surface area contributed by atoms with E-state index in [1.165, 1.54) is 4.70 Å². The number of carbonyl (C=O) groups excluding carboxylic acids is 1. The highest BCUT2D eigenvalue weighted by Crippen LogP contribution is 2.35. The number of rotatable bonds is 5. The zero-order valence-corrected chi connectivity index (χ0v) is 19.3. The molecule has 1 aliphatic carbocycles. The number of hydrogen-bond donors (Lipinski definition) is 1. The van der Waals surface area contributed by atoms with Crippen molar-refractivity contribution in [1.29, 1.82) is 0 Å². The average molecular weight is 454 g/mol. The number of amides is 1. The summed E-state index contributed by atoms with van der Waals surface area (Å²) in [7, 11) is 0. The Morgan fingerprint density at radius 2 is 1.91 bits per heavy atom. The summed E-state index contributed by atoms with van der Waals surface area (Å²) in [6.45, 7) is 6.74. The number of nitrogens with one attached hydrogen (secondary N) is 1. The van der Waals surface area contributed by atoms with Crippen molar-refractivity contribution in [2.45, 2.75) is 57.3 Å². The third-order valence-corrected chi connectivity index (χ3v) is 6.57. The lowest BCUT2D eigenvalue weighted by molar-refractivity contribution is 0.00711. The number of aromatic nitrogens is 3. The molecule has 8 nitrogen and oxygen atoms in total. The van der Waals surface area contributed by atoms with Crippen LogP contribution < -0.4 is 10.1 Å². The second-order valence-electron chi connectivity index (χ2n) is 9.37. The smallest absolute Gasteiger partial charge is 0.410 e. The molecule has 0 bridgehead atoms. The number of anilines is 1. The zero-order valence-electron chi connectivity index (χ0n) is 18.4. The summed E-state index contributed by atoms with van der Waals surface area (Å²) in [5.74, 6) is 0.688. The predicted molar refractivity (Wildman–Crippen MR) is 123 cm³/mol. The van der Waals surface area contributed by atoms with Gasteiger partial charge in [0.2, 0.25) is 5.88 Å². The molecule has 2 fully saturated rings. The normalized spacial score (nSPS) is 21.0. The number of fused-ring (bicyclic) bond motifs is 1. The first-order valence-electron chi connectivity index (χ1n) is 10.9. The monoisotopic (exact) mass is 453 g/mol. The fraction of sp³-hybridized carbons (Fsp3) is 0.478. The van der Waals surface area contributed by atoms with Gasteiger partial charge in [-0.15, -0.1) is 0 Å². The first kappa shape index (κ1) is 20.9. The lowest BCUT2D eigenvalue weighted by atomic mass is 9.89. The van der Waals surface area contributed by atoms with Gasteiger partial charge in [-0.3, -0.25) is 4.98 Å². The van der Waals surface area contributed by atoms with E-state index in [2.05, 4.69) is 26.3 Å². The molecule has 1 saturated heterocycles. The van der Waals surface area contributed by atoms with Crippen molar-refractivity contribution in [1.82, 2.24) is 19.9 Å². The maximum absolute atomic E-state index is 12.2. The van der Waals surface area contributed by atoms with E-state index < -0.39 is 5.60 Å². The van der Waals surface area contributed by atoms with Gasteiger partial charge in [-0.05, 0) is 32.9 Å². The molecule has 0 radical (unpaired) electrons. The molecule has 1 saturated carbocycles. The number of carbonyl (C=O) groups is 1. The van der Waals surface area contributed by atoms with Crippen LogP contribution in [0.1, 0.15) is 45.2 Å². The van der Waals surface area contributed by atoms with Crippen molar-refractivity contribution in [3.63, 3.8) is 0 Å². The van der Waals surface area contributed by atoms with Crippen molar-refractivity contribution >= 4 is 32.8 Å². The van der Waals surface area contributed by atoms with E-state index in [0.29, 0.717) is 25.0 Å². The molecule has 3 aromatic rings. The molecule has 5 rings (SSSR count). The molecule has 1 N–H and O–H groups in total. The Bertz CT molecular complexity index is 1080. The number of para-hydroxylation sites is 1. The molecular formula is C23H27N5O3S. The Kier molecular flexibility index (Phi) is 5.36. The number of nitrogens with zero attached hydrogens (tertiary/aromatic N) is 4. The molecule has 3 heterocycles. The van der Waals surface area contributed by atoms with E-state index in [1.54, 1.807) is 28.6 Å². The van der Waals surface area contributed by atoms with Gasteiger partial charge in [0.25, 0.3) is 0 Å². The molecule has 2 aliphatic rings.